The molecule has 20 heavy (non-hydrogen) atoms. The first-order valence-corrected chi connectivity index (χ1v) is 6.36. The monoisotopic (exact) mass is 291 g/mol. The number of amides is 1. The second-order valence-electron chi connectivity index (χ2n) is 4.01. The molecule has 2 aromatic rings. The zero-order valence-corrected chi connectivity index (χ0v) is 11.7. The summed E-state index contributed by atoms with van der Waals surface area (Å²) in [5, 5.41) is 3.19. The van der Waals surface area contributed by atoms with Crippen LogP contribution in [0.5, 0.6) is 5.75 Å². The van der Waals surface area contributed by atoms with Crippen LogP contribution in [0.2, 0.25) is 5.02 Å². The standard InChI is InChI=1S/C15H14ClNO3/c1-19-10-20-12-8-6-11(7-9-12)17-15(18)13-4-2-3-5-14(13)16/h2-9H,10H2,1H3,(H,17,18). The smallest absolute Gasteiger partial charge is 0.257 e. The minimum atomic E-state index is -0.249. The summed E-state index contributed by atoms with van der Waals surface area (Å²) in [4.78, 5) is 12.0. The summed E-state index contributed by atoms with van der Waals surface area (Å²) in [7, 11) is 1.55. The lowest BCUT2D eigenvalue weighted by molar-refractivity contribution is 0.0511. The van der Waals surface area contributed by atoms with Gasteiger partial charge in [-0.2, -0.15) is 0 Å². The number of benzene rings is 2. The van der Waals surface area contributed by atoms with E-state index in [2.05, 4.69) is 5.32 Å². The van der Waals surface area contributed by atoms with Gasteiger partial charge >= 0.3 is 0 Å². The Balaban J connectivity index is 2.03. The maximum absolute atomic E-state index is 12.0. The zero-order valence-electron chi connectivity index (χ0n) is 10.9. The normalized spacial score (nSPS) is 10.1. The lowest BCUT2D eigenvalue weighted by Crippen LogP contribution is -2.12. The van der Waals surface area contributed by atoms with Gasteiger partial charge < -0.3 is 14.8 Å². The predicted molar refractivity (Wildman–Crippen MR) is 78.4 cm³/mol. The molecule has 0 saturated heterocycles. The number of halogens is 1. The quantitative estimate of drug-likeness (QED) is 0.857. The van der Waals surface area contributed by atoms with Gasteiger partial charge in [0, 0.05) is 12.8 Å². The van der Waals surface area contributed by atoms with Crippen LogP contribution in [0.1, 0.15) is 10.4 Å². The molecule has 0 saturated carbocycles. The molecule has 0 bridgehead atoms. The van der Waals surface area contributed by atoms with E-state index in [9.17, 15) is 4.79 Å². The van der Waals surface area contributed by atoms with Crippen LogP contribution in [-0.2, 0) is 4.74 Å². The van der Waals surface area contributed by atoms with E-state index in [0.29, 0.717) is 22.0 Å². The Morgan fingerprint density at radius 2 is 1.85 bits per heavy atom. The van der Waals surface area contributed by atoms with Gasteiger partial charge in [-0.3, -0.25) is 4.79 Å². The Labute approximate surface area is 122 Å². The number of rotatable bonds is 5. The third-order valence-electron chi connectivity index (χ3n) is 2.57. The van der Waals surface area contributed by atoms with Crippen LogP contribution in [0.4, 0.5) is 5.69 Å². The van der Waals surface area contributed by atoms with Crippen molar-refractivity contribution in [3.8, 4) is 5.75 Å². The zero-order chi connectivity index (χ0) is 14.4. The molecule has 2 rings (SSSR count). The number of nitrogens with one attached hydrogen (secondary N) is 1. The van der Waals surface area contributed by atoms with Gasteiger partial charge in [0.05, 0.1) is 10.6 Å². The molecule has 0 unspecified atom stereocenters. The first-order chi connectivity index (χ1) is 9.70. The number of carbonyl (C=O) groups excluding carboxylic acids is 1. The van der Waals surface area contributed by atoms with Crippen molar-refractivity contribution in [2.45, 2.75) is 0 Å². The molecule has 0 atom stereocenters. The van der Waals surface area contributed by atoms with E-state index in [1.165, 1.54) is 0 Å². The van der Waals surface area contributed by atoms with Gasteiger partial charge in [-0.05, 0) is 36.4 Å². The van der Waals surface area contributed by atoms with Gasteiger partial charge in [0.1, 0.15) is 5.75 Å². The van der Waals surface area contributed by atoms with Crippen molar-refractivity contribution in [2.75, 3.05) is 19.2 Å². The Bertz CT molecular complexity index is 584. The summed E-state index contributed by atoms with van der Waals surface area (Å²) in [6, 6.07) is 13.9. The lowest BCUT2D eigenvalue weighted by atomic mass is 10.2. The topological polar surface area (TPSA) is 47.6 Å². The van der Waals surface area contributed by atoms with Crippen LogP contribution in [0.15, 0.2) is 48.5 Å². The van der Waals surface area contributed by atoms with Crippen LogP contribution in [0, 0.1) is 0 Å². The van der Waals surface area contributed by atoms with Crippen molar-refractivity contribution < 1.29 is 14.3 Å². The Hall–Kier alpha value is -2.04. The summed E-state index contributed by atoms with van der Waals surface area (Å²) in [5.74, 6) is 0.420. The number of hydrogen-bond donors (Lipinski definition) is 1. The summed E-state index contributed by atoms with van der Waals surface area (Å²) in [6.45, 7) is 0.186. The second-order valence-corrected chi connectivity index (χ2v) is 4.42. The molecule has 0 aliphatic carbocycles. The molecule has 0 spiro atoms. The van der Waals surface area contributed by atoms with Gasteiger partial charge in [0.25, 0.3) is 5.91 Å². The molecule has 0 aliphatic heterocycles. The second kappa shape index (κ2) is 6.93. The fourth-order valence-corrected chi connectivity index (χ4v) is 1.83. The van der Waals surface area contributed by atoms with E-state index in [4.69, 9.17) is 21.1 Å². The van der Waals surface area contributed by atoms with Crippen molar-refractivity contribution in [1.29, 1.82) is 0 Å². The van der Waals surface area contributed by atoms with E-state index in [1.807, 2.05) is 0 Å². The number of ether oxygens (including phenoxy) is 2. The highest BCUT2D eigenvalue weighted by Gasteiger charge is 2.09. The molecule has 0 radical (unpaired) electrons. The van der Waals surface area contributed by atoms with Gasteiger partial charge in [0.2, 0.25) is 0 Å². The molecule has 2 aromatic carbocycles. The lowest BCUT2D eigenvalue weighted by Gasteiger charge is -2.08. The minimum absolute atomic E-state index is 0.186. The predicted octanol–water partition coefficient (Wildman–Crippen LogP) is 3.58. The number of anilines is 1. The van der Waals surface area contributed by atoms with Crippen LogP contribution >= 0.6 is 11.6 Å². The molecule has 0 fully saturated rings. The Morgan fingerprint density at radius 3 is 2.50 bits per heavy atom. The molecule has 0 heterocycles. The molecular weight excluding hydrogens is 278 g/mol. The highest BCUT2D eigenvalue weighted by Crippen LogP contribution is 2.19. The number of hydrogen-bond acceptors (Lipinski definition) is 3. The summed E-state index contributed by atoms with van der Waals surface area (Å²) in [6.07, 6.45) is 0. The molecule has 5 heteroatoms. The van der Waals surface area contributed by atoms with Crippen molar-refractivity contribution in [2.24, 2.45) is 0 Å². The van der Waals surface area contributed by atoms with E-state index in [0.717, 1.165) is 0 Å². The molecule has 1 N–H and O–H groups in total. The maximum Gasteiger partial charge on any atom is 0.257 e. The molecule has 0 aromatic heterocycles. The largest absolute Gasteiger partial charge is 0.468 e. The van der Waals surface area contributed by atoms with E-state index in [-0.39, 0.29) is 12.7 Å². The fraction of sp³-hybridized carbons (Fsp3) is 0.133. The fourth-order valence-electron chi connectivity index (χ4n) is 1.61. The highest BCUT2D eigenvalue weighted by atomic mass is 35.5. The third-order valence-corrected chi connectivity index (χ3v) is 2.90. The molecule has 1 amide bonds. The van der Waals surface area contributed by atoms with Crippen LogP contribution in [-0.4, -0.2) is 19.8 Å². The highest BCUT2D eigenvalue weighted by molar-refractivity contribution is 6.34. The summed E-state index contributed by atoms with van der Waals surface area (Å²) < 4.78 is 10.1. The van der Waals surface area contributed by atoms with Crippen LogP contribution < -0.4 is 10.1 Å². The van der Waals surface area contributed by atoms with Crippen molar-refractivity contribution in [3.05, 3.63) is 59.1 Å². The van der Waals surface area contributed by atoms with Crippen molar-refractivity contribution in [3.63, 3.8) is 0 Å². The Kier molecular flexibility index (Phi) is 4.98. The molecule has 0 aliphatic rings. The Morgan fingerprint density at radius 1 is 1.15 bits per heavy atom. The average Bonchev–Trinajstić information content (AvgIpc) is 2.47. The third kappa shape index (κ3) is 3.73. The first kappa shape index (κ1) is 14.4. The number of carbonyl (C=O) groups is 1. The first-order valence-electron chi connectivity index (χ1n) is 5.98. The van der Waals surface area contributed by atoms with Crippen molar-refractivity contribution in [1.82, 2.24) is 0 Å². The SMILES string of the molecule is COCOc1ccc(NC(=O)c2ccccc2Cl)cc1. The van der Waals surface area contributed by atoms with Crippen LogP contribution in [0.3, 0.4) is 0 Å². The van der Waals surface area contributed by atoms with E-state index in [1.54, 1.807) is 55.6 Å². The molecular formula is C15H14ClNO3. The minimum Gasteiger partial charge on any atom is -0.468 e. The van der Waals surface area contributed by atoms with E-state index < -0.39 is 0 Å². The van der Waals surface area contributed by atoms with Crippen LogP contribution in [0.25, 0.3) is 0 Å². The number of methoxy groups -OCH3 is 1. The van der Waals surface area contributed by atoms with E-state index >= 15 is 0 Å². The average molecular weight is 292 g/mol. The van der Waals surface area contributed by atoms with Gasteiger partial charge in [-0.1, -0.05) is 23.7 Å². The summed E-state index contributed by atoms with van der Waals surface area (Å²) >= 11 is 5.97. The maximum atomic E-state index is 12.0. The summed E-state index contributed by atoms with van der Waals surface area (Å²) in [5.41, 5.74) is 1.11. The molecule has 104 valence electrons. The van der Waals surface area contributed by atoms with Gasteiger partial charge in [0.15, 0.2) is 6.79 Å². The van der Waals surface area contributed by atoms with Crippen molar-refractivity contribution >= 4 is 23.2 Å². The van der Waals surface area contributed by atoms with Gasteiger partial charge in [-0.15, -0.1) is 0 Å². The van der Waals surface area contributed by atoms with Gasteiger partial charge in [-0.25, -0.2) is 0 Å². The molecule has 4 nitrogen and oxygen atoms in total.